The van der Waals surface area contributed by atoms with Gasteiger partial charge in [0.2, 0.25) is 6.79 Å². The van der Waals surface area contributed by atoms with Crippen molar-refractivity contribution in [3.8, 4) is 22.9 Å². The monoisotopic (exact) mass is 470 g/mol. The van der Waals surface area contributed by atoms with Crippen molar-refractivity contribution in [1.29, 1.82) is 0 Å². The lowest BCUT2D eigenvalue weighted by atomic mass is 10.1. The zero-order valence-electron chi connectivity index (χ0n) is 19.3. The van der Waals surface area contributed by atoms with Gasteiger partial charge in [-0.3, -0.25) is 4.79 Å². The van der Waals surface area contributed by atoms with E-state index in [9.17, 15) is 9.18 Å². The third-order valence-electron chi connectivity index (χ3n) is 5.74. The summed E-state index contributed by atoms with van der Waals surface area (Å²) in [6.07, 6.45) is 1.50. The first-order valence-electron chi connectivity index (χ1n) is 11.1. The fourth-order valence-electron chi connectivity index (χ4n) is 3.75. The molecule has 1 aliphatic heterocycles. The number of rotatable bonds is 6. The molecule has 1 N–H and O–H groups in total. The summed E-state index contributed by atoms with van der Waals surface area (Å²) in [4.78, 5) is 24.2. The van der Waals surface area contributed by atoms with E-state index in [1.54, 1.807) is 12.1 Å². The van der Waals surface area contributed by atoms with Gasteiger partial charge in [0.25, 0.3) is 5.91 Å². The third kappa shape index (κ3) is 4.77. The van der Waals surface area contributed by atoms with Gasteiger partial charge in [-0.25, -0.2) is 14.4 Å². The number of ether oxygens (including phenoxy) is 2. The third-order valence-corrected chi connectivity index (χ3v) is 5.74. The van der Waals surface area contributed by atoms with Crippen LogP contribution in [0, 0.1) is 12.7 Å². The van der Waals surface area contributed by atoms with E-state index in [1.165, 1.54) is 18.3 Å². The lowest BCUT2D eigenvalue weighted by Gasteiger charge is -2.22. The van der Waals surface area contributed by atoms with Crippen LogP contribution >= 0.6 is 0 Å². The number of hydrogen-bond acceptors (Lipinski definition) is 6. The van der Waals surface area contributed by atoms with Gasteiger partial charge in [0.15, 0.2) is 17.3 Å². The zero-order valence-corrected chi connectivity index (χ0v) is 19.3. The first-order valence-corrected chi connectivity index (χ1v) is 11.1. The molecule has 0 unspecified atom stereocenters. The molecule has 35 heavy (non-hydrogen) atoms. The summed E-state index contributed by atoms with van der Waals surface area (Å²) < 4.78 is 24.2. The van der Waals surface area contributed by atoms with Gasteiger partial charge < -0.3 is 19.7 Å². The molecule has 0 fully saturated rings. The van der Waals surface area contributed by atoms with Crippen molar-refractivity contribution in [2.75, 3.05) is 18.7 Å². The summed E-state index contributed by atoms with van der Waals surface area (Å²) in [5.41, 5.74) is 3.83. The number of anilines is 2. The van der Waals surface area contributed by atoms with Gasteiger partial charge in [-0.1, -0.05) is 23.8 Å². The van der Waals surface area contributed by atoms with Crippen LogP contribution in [0.2, 0.25) is 0 Å². The smallest absolute Gasteiger partial charge is 0.256 e. The molecule has 5 rings (SSSR count). The van der Waals surface area contributed by atoms with Crippen LogP contribution in [0.25, 0.3) is 11.4 Å². The molecule has 0 aliphatic carbocycles. The Morgan fingerprint density at radius 3 is 2.54 bits per heavy atom. The molecule has 176 valence electrons. The van der Waals surface area contributed by atoms with Gasteiger partial charge in [0.1, 0.15) is 17.2 Å². The fourth-order valence-corrected chi connectivity index (χ4v) is 3.75. The molecule has 1 aliphatic rings. The van der Waals surface area contributed by atoms with E-state index in [1.807, 2.05) is 61.3 Å². The predicted octanol–water partition coefficient (Wildman–Crippen LogP) is 5.02. The number of hydrogen-bond donors (Lipinski definition) is 1. The number of amides is 1. The quantitative estimate of drug-likeness (QED) is 0.427. The van der Waals surface area contributed by atoms with Crippen LogP contribution in [0.3, 0.4) is 0 Å². The van der Waals surface area contributed by atoms with E-state index in [0.29, 0.717) is 40.8 Å². The Bertz CT molecular complexity index is 1370. The molecule has 0 spiro atoms. The minimum atomic E-state index is -0.342. The summed E-state index contributed by atoms with van der Waals surface area (Å²) in [6.45, 7) is 2.50. The van der Waals surface area contributed by atoms with Crippen molar-refractivity contribution in [1.82, 2.24) is 15.3 Å². The predicted molar refractivity (Wildman–Crippen MR) is 130 cm³/mol. The van der Waals surface area contributed by atoms with Gasteiger partial charge in [-0.2, -0.15) is 0 Å². The first kappa shape index (κ1) is 22.3. The van der Waals surface area contributed by atoms with Crippen molar-refractivity contribution >= 4 is 17.4 Å². The maximum absolute atomic E-state index is 13.4. The molecule has 0 radical (unpaired) electrons. The average Bonchev–Trinajstić information content (AvgIpc) is 3.35. The highest BCUT2D eigenvalue weighted by Crippen LogP contribution is 2.32. The Labute approximate surface area is 202 Å². The summed E-state index contributed by atoms with van der Waals surface area (Å²) in [5.74, 6) is 1.51. The molecule has 7 nitrogen and oxygen atoms in total. The molecule has 1 aromatic heterocycles. The van der Waals surface area contributed by atoms with Crippen molar-refractivity contribution in [3.63, 3.8) is 0 Å². The van der Waals surface area contributed by atoms with Gasteiger partial charge in [0.05, 0.1) is 0 Å². The van der Waals surface area contributed by atoms with Crippen molar-refractivity contribution < 1.29 is 18.7 Å². The van der Waals surface area contributed by atoms with Crippen molar-refractivity contribution in [2.24, 2.45) is 0 Å². The molecular formula is C27H23FN4O3. The second kappa shape index (κ2) is 9.42. The summed E-state index contributed by atoms with van der Waals surface area (Å²) in [6, 6.07) is 19.4. The second-order valence-electron chi connectivity index (χ2n) is 8.20. The highest BCUT2D eigenvalue weighted by Gasteiger charge is 2.20. The van der Waals surface area contributed by atoms with Gasteiger partial charge in [0, 0.05) is 31.0 Å². The molecule has 1 amide bonds. The standard InChI is InChI=1S/C27H23FN4O3/c1-17-3-10-21(11-4-17)32(2)26-22(15-29-25(31-26)19-6-8-20(28)9-7-19)27(33)30-14-18-5-12-23-24(13-18)35-16-34-23/h3-13,15H,14,16H2,1-2H3,(H,30,33). The molecule has 3 aromatic carbocycles. The number of halogens is 1. The molecule has 2 heterocycles. The SMILES string of the molecule is Cc1ccc(N(C)c2nc(-c3ccc(F)cc3)ncc2C(=O)NCc2ccc3c(c2)OCO3)cc1. The number of carbonyl (C=O) groups is 1. The van der Waals surface area contributed by atoms with Crippen LogP contribution in [0.1, 0.15) is 21.5 Å². The molecular weight excluding hydrogens is 447 g/mol. The Morgan fingerprint density at radius 1 is 1.03 bits per heavy atom. The first-order chi connectivity index (χ1) is 17.0. The Morgan fingerprint density at radius 2 is 1.77 bits per heavy atom. The number of nitrogens with zero attached hydrogens (tertiary/aromatic N) is 3. The highest BCUT2D eigenvalue weighted by atomic mass is 19.1. The summed E-state index contributed by atoms with van der Waals surface area (Å²) in [7, 11) is 1.84. The molecule has 0 saturated heterocycles. The number of nitrogens with one attached hydrogen (secondary N) is 1. The van der Waals surface area contributed by atoms with Crippen LogP contribution in [0.4, 0.5) is 15.9 Å². The number of benzene rings is 3. The molecule has 0 atom stereocenters. The van der Waals surface area contributed by atoms with E-state index in [-0.39, 0.29) is 18.5 Å². The number of aryl methyl sites for hydroxylation is 1. The Kier molecular flexibility index (Phi) is 6.01. The normalized spacial score (nSPS) is 11.9. The Balaban J connectivity index is 1.45. The van der Waals surface area contributed by atoms with Crippen molar-refractivity contribution in [2.45, 2.75) is 13.5 Å². The highest BCUT2D eigenvalue weighted by molar-refractivity contribution is 5.99. The van der Waals surface area contributed by atoms with E-state index >= 15 is 0 Å². The summed E-state index contributed by atoms with van der Waals surface area (Å²) >= 11 is 0. The van der Waals surface area contributed by atoms with Crippen LogP contribution in [0.5, 0.6) is 11.5 Å². The topological polar surface area (TPSA) is 76.6 Å². The van der Waals surface area contributed by atoms with E-state index in [0.717, 1.165) is 16.8 Å². The van der Waals surface area contributed by atoms with Crippen LogP contribution in [0.15, 0.2) is 72.9 Å². The van der Waals surface area contributed by atoms with E-state index in [2.05, 4.69) is 15.3 Å². The molecule has 4 aromatic rings. The van der Waals surface area contributed by atoms with E-state index in [4.69, 9.17) is 9.47 Å². The van der Waals surface area contributed by atoms with Gasteiger partial charge in [-0.15, -0.1) is 0 Å². The maximum atomic E-state index is 13.4. The zero-order chi connectivity index (χ0) is 24.4. The summed E-state index contributed by atoms with van der Waals surface area (Å²) in [5, 5.41) is 2.94. The molecule has 0 saturated carbocycles. The van der Waals surface area contributed by atoms with Gasteiger partial charge >= 0.3 is 0 Å². The van der Waals surface area contributed by atoms with Gasteiger partial charge in [-0.05, 0) is 61.0 Å². The van der Waals surface area contributed by atoms with E-state index < -0.39 is 0 Å². The second-order valence-corrected chi connectivity index (χ2v) is 8.20. The number of aromatic nitrogens is 2. The molecule has 0 bridgehead atoms. The van der Waals surface area contributed by atoms with Crippen LogP contribution in [-0.2, 0) is 6.54 Å². The maximum Gasteiger partial charge on any atom is 0.256 e. The Hall–Kier alpha value is -4.46. The number of fused-ring (bicyclic) bond motifs is 1. The van der Waals surface area contributed by atoms with Crippen molar-refractivity contribution in [3.05, 3.63) is 95.4 Å². The largest absolute Gasteiger partial charge is 0.454 e. The van der Waals surface area contributed by atoms with Crippen LogP contribution in [-0.4, -0.2) is 29.7 Å². The minimum absolute atomic E-state index is 0.192. The minimum Gasteiger partial charge on any atom is -0.454 e. The fraction of sp³-hybridized carbons (Fsp3) is 0.148. The lowest BCUT2D eigenvalue weighted by molar-refractivity contribution is 0.0950. The van der Waals surface area contributed by atoms with Crippen LogP contribution < -0.4 is 19.7 Å². The lowest BCUT2D eigenvalue weighted by Crippen LogP contribution is -2.26. The average molecular weight is 471 g/mol. The number of carbonyl (C=O) groups excluding carboxylic acids is 1. The molecule has 8 heteroatoms.